The number of rotatable bonds is 6. The first-order valence-corrected chi connectivity index (χ1v) is 10.9. The van der Waals surface area contributed by atoms with Gasteiger partial charge in [0.05, 0.1) is 11.5 Å². The summed E-state index contributed by atoms with van der Waals surface area (Å²) in [5.41, 5.74) is 0. The highest BCUT2D eigenvalue weighted by Gasteiger charge is 2.28. The largest absolute Gasteiger partial charge is 0.493 e. The van der Waals surface area contributed by atoms with Gasteiger partial charge in [-0.3, -0.25) is 0 Å². The second-order valence-electron chi connectivity index (χ2n) is 7.29. The van der Waals surface area contributed by atoms with Crippen LogP contribution in [0.25, 0.3) is 0 Å². The number of ether oxygens (including phenoxy) is 1. The SMILES string of the molecule is CN(C1CCNCC1)S(=O)(=O)c1ccc(OCC2CCCCC2)cc1.Cl. The van der Waals surface area contributed by atoms with Crippen molar-refractivity contribution in [3.63, 3.8) is 0 Å². The molecule has 1 aromatic carbocycles. The summed E-state index contributed by atoms with van der Waals surface area (Å²) in [6.45, 7) is 2.48. The molecular weight excluding hydrogens is 372 g/mol. The summed E-state index contributed by atoms with van der Waals surface area (Å²) in [6.07, 6.45) is 8.15. The van der Waals surface area contributed by atoms with E-state index in [1.165, 1.54) is 36.4 Å². The van der Waals surface area contributed by atoms with Crippen molar-refractivity contribution >= 4 is 22.4 Å². The van der Waals surface area contributed by atoms with E-state index in [1.54, 1.807) is 31.3 Å². The lowest BCUT2D eigenvalue weighted by Crippen LogP contribution is -2.43. The van der Waals surface area contributed by atoms with Crippen molar-refractivity contribution in [2.45, 2.75) is 55.9 Å². The highest BCUT2D eigenvalue weighted by Crippen LogP contribution is 2.26. The van der Waals surface area contributed by atoms with Gasteiger partial charge >= 0.3 is 0 Å². The fourth-order valence-corrected chi connectivity index (χ4v) is 5.22. The van der Waals surface area contributed by atoms with E-state index in [9.17, 15) is 8.42 Å². The van der Waals surface area contributed by atoms with Gasteiger partial charge in [-0.25, -0.2) is 8.42 Å². The lowest BCUT2D eigenvalue weighted by atomic mass is 9.90. The van der Waals surface area contributed by atoms with Gasteiger partial charge < -0.3 is 10.1 Å². The van der Waals surface area contributed by atoms with E-state index in [4.69, 9.17) is 4.74 Å². The van der Waals surface area contributed by atoms with Gasteiger partial charge in [-0.15, -0.1) is 12.4 Å². The molecule has 0 unspecified atom stereocenters. The Labute approximate surface area is 164 Å². The fourth-order valence-electron chi connectivity index (χ4n) is 3.81. The molecule has 5 nitrogen and oxygen atoms in total. The second-order valence-corrected chi connectivity index (χ2v) is 9.29. The molecule has 0 amide bonds. The highest BCUT2D eigenvalue weighted by atomic mass is 35.5. The molecule has 26 heavy (non-hydrogen) atoms. The number of benzene rings is 1. The Hall–Kier alpha value is -0.820. The van der Waals surface area contributed by atoms with E-state index >= 15 is 0 Å². The molecule has 3 rings (SSSR count). The molecule has 0 atom stereocenters. The van der Waals surface area contributed by atoms with Crippen molar-refractivity contribution in [3.05, 3.63) is 24.3 Å². The van der Waals surface area contributed by atoms with Gasteiger partial charge in [0.2, 0.25) is 10.0 Å². The summed E-state index contributed by atoms with van der Waals surface area (Å²) in [7, 11) is -1.75. The average molecular weight is 403 g/mol. The minimum absolute atomic E-state index is 0. The standard InChI is InChI=1S/C19H30N2O3S.ClH/c1-21(17-11-13-20-14-12-17)25(22,23)19-9-7-18(8-10-19)24-15-16-5-3-2-4-6-16;/h7-10,16-17,20H,2-6,11-15H2,1H3;1H. The van der Waals surface area contributed by atoms with E-state index in [2.05, 4.69) is 5.32 Å². The van der Waals surface area contributed by atoms with Gasteiger partial charge in [-0.05, 0) is 69.0 Å². The van der Waals surface area contributed by atoms with Gasteiger partial charge in [0, 0.05) is 13.1 Å². The molecule has 1 aliphatic heterocycles. The molecule has 2 aliphatic rings. The van der Waals surface area contributed by atoms with Crippen LogP contribution in [0, 0.1) is 5.92 Å². The van der Waals surface area contributed by atoms with Gasteiger partial charge in [0.1, 0.15) is 5.75 Å². The predicted molar refractivity (Wildman–Crippen MR) is 107 cm³/mol. The Balaban J connectivity index is 0.00000243. The van der Waals surface area contributed by atoms with Crippen LogP contribution in [0.1, 0.15) is 44.9 Å². The molecule has 1 N–H and O–H groups in total. The molecule has 1 saturated heterocycles. The van der Waals surface area contributed by atoms with Crippen molar-refractivity contribution in [1.82, 2.24) is 9.62 Å². The van der Waals surface area contributed by atoms with Crippen molar-refractivity contribution in [3.8, 4) is 5.75 Å². The van der Waals surface area contributed by atoms with Gasteiger partial charge in [-0.1, -0.05) is 19.3 Å². The number of nitrogens with zero attached hydrogens (tertiary/aromatic N) is 1. The predicted octanol–water partition coefficient (Wildman–Crippen LogP) is 3.44. The van der Waals surface area contributed by atoms with Crippen LogP contribution in [0.5, 0.6) is 5.75 Å². The van der Waals surface area contributed by atoms with E-state index in [-0.39, 0.29) is 18.4 Å². The van der Waals surface area contributed by atoms with Crippen LogP contribution in [0.3, 0.4) is 0 Å². The Morgan fingerprint density at radius 3 is 2.27 bits per heavy atom. The minimum Gasteiger partial charge on any atom is -0.493 e. The number of hydrogen-bond acceptors (Lipinski definition) is 4. The van der Waals surface area contributed by atoms with Gasteiger partial charge in [0.15, 0.2) is 0 Å². The van der Waals surface area contributed by atoms with E-state index in [0.717, 1.165) is 38.3 Å². The lowest BCUT2D eigenvalue weighted by Gasteiger charge is -2.30. The Morgan fingerprint density at radius 2 is 1.65 bits per heavy atom. The maximum Gasteiger partial charge on any atom is 0.243 e. The summed E-state index contributed by atoms with van der Waals surface area (Å²) in [6, 6.07) is 6.98. The Morgan fingerprint density at radius 1 is 1.04 bits per heavy atom. The van der Waals surface area contributed by atoms with Crippen LogP contribution in [0.15, 0.2) is 29.2 Å². The minimum atomic E-state index is -3.44. The van der Waals surface area contributed by atoms with Crippen LogP contribution < -0.4 is 10.1 Å². The summed E-state index contributed by atoms with van der Waals surface area (Å²) < 4.78 is 33.0. The molecular formula is C19H31ClN2O3S. The van der Waals surface area contributed by atoms with Crippen molar-refractivity contribution in [2.75, 3.05) is 26.7 Å². The van der Waals surface area contributed by atoms with E-state index in [0.29, 0.717) is 10.8 Å². The van der Waals surface area contributed by atoms with Crippen LogP contribution in [0.4, 0.5) is 0 Å². The van der Waals surface area contributed by atoms with Gasteiger partial charge in [0.25, 0.3) is 0 Å². The number of halogens is 1. The number of piperidine rings is 1. The topological polar surface area (TPSA) is 58.6 Å². The monoisotopic (exact) mass is 402 g/mol. The van der Waals surface area contributed by atoms with Crippen LogP contribution >= 0.6 is 12.4 Å². The first-order valence-electron chi connectivity index (χ1n) is 9.49. The average Bonchev–Trinajstić information content (AvgIpc) is 2.67. The third-order valence-corrected chi connectivity index (χ3v) is 7.46. The van der Waals surface area contributed by atoms with Crippen molar-refractivity contribution in [1.29, 1.82) is 0 Å². The van der Waals surface area contributed by atoms with Crippen LogP contribution in [0.2, 0.25) is 0 Å². The molecule has 1 heterocycles. The maximum atomic E-state index is 12.8. The molecule has 0 spiro atoms. The first-order chi connectivity index (χ1) is 12.1. The molecule has 148 valence electrons. The summed E-state index contributed by atoms with van der Waals surface area (Å²) in [5, 5.41) is 3.27. The zero-order valence-corrected chi connectivity index (χ0v) is 17.2. The first kappa shape index (κ1) is 21.5. The van der Waals surface area contributed by atoms with Crippen molar-refractivity contribution < 1.29 is 13.2 Å². The second kappa shape index (κ2) is 9.93. The normalized spacial score (nSPS) is 19.9. The fraction of sp³-hybridized carbons (Fsp3) is 0.684. The molecule has 0 bridgehead atoms. The Kier molecular flexibility index (Phi) is 8.20. The van der Waals surface area contributed by atoms with Crippen LogP contribution in [-0.2, 0) is 10.0 Å². The van der Waals surface area contributed by atoms with Gasteiger partial charge in [-0.2, -0.15) is 4.31 Å². The summed E-state index contributed by atoms with van der Waals surface area (Å²) in [5.74, 6) is 1.40. The van der Waals surface area contributed by atoms with E-state index < -0.39 is 10.0 Å². The number of sulfonamides is 1. The quantitative estimate of drug-likeness (QED) is 0.791. The highest BCUT2D eigenvalue weighted by molar-refractivity contribution is 7.89. The van der Waals surface area contributed by atoms with Crippen molar-refractivity contribution in [2.24, 2.45) is 5.92 Å². The number of nitrogens with one attached hydrogen (secondary N) is 1. The molecule has 1 aromatic rings. The molecule has 1 aliphatic carbocycles. The lowest BCUT2D eigenvalue weighted by molar-refractivity contribution is 0.208. The third-order valence-electron chi connectivity index (χ3n) is 5.53. The zero-order valence-electron chi connectivity index (χ0n) is 15.5. The third kappa shape index (κ3) is 5.35. The smallest absolute Gasteiger partial charge is 0.243 e. The molecule has 0 aromatic heterocycles. The number of hydrogen-bond donors (Lipinski definition) is 1. The van der Waals surface area contributed by atoms with Crippen LogP contribution in [-0.4, -0.2) is 45.5 Å². The summed E-state index contributed by atoms with van der Waals surface area (Å²) in [4.78, 5) is 0.346. The Bertz CT molecular complexity index is 639. The maximum absolute atomic E-state index is 12.8. The molecule has 1 saturated carbocycles. The van der Waals surface area contributed by atoms with E-state index in [1.807, 2.05) is 0 Å². The summed E-state index contributed by atoms with van der Waals surface area (Å²) >= 11 is 0. The molecule has 0 radical (unpaired) electrons. The molecule has 2 fully saturated rings. The molecule has 7 heteroatoms. The zero-order chi connectivity index (χ0) is 17.7.